The maximum absolute atomic E-state index is 10.7. The molecule has 194 valence electrons. The SMILES string of the molecule is C[C@@]1(/C=C/C=C/[C@@H](O)CC2(CC#Cc3ccccc3)CCC2)CCCC/C1=N\OCCOCC(=O)O. The van der Waals surface area contributed by atoms with Crippen LogP contribution in [-0.4, -0.2) is 47.8 Å². The predicted octanol–water partition coefficient (Wildman–Crippen LogP) is 5.52. The molecule has 0 radical (unpaired) electrons. The molecule has 2 saturated carbocycles. The molecule has 2 aliphatic rings. The Bertz CT molecular complexity index is 984. The Morgan fingerprint density at radius 3 is 2.67 bits per heavy atom. The van der Waals surface area contributed by atoms with E-state index < -0.39 is 12.1 Å². The van der Waals surface area contributed by atoms with E-state index in [0.717, 1.165) is 62.6 Å². The third-order valence-corrected chi connectivity index (χ3v) is 7.17. The van der Waals surface area contributed by atoms with Crippen molar-refractivity contribution < 1.29 is 24.6 Å². The number of allylic oxidation sites excluding steroid dienone is 3. The number of rotatable bonds is 12. The number of aliphatic hydroxyl groups is 1. The third kappa shape index (κ3) is 8.96. The van der Waals surface area contributed by atoms with Crippen molar-refractivity contribution in [1.82, 2.24) is 0 Å². The van der Waals surface area contributed by atoms with E-state index in [4.69, 9.17) is 14.7 Å². The van der Waals surface area contributed by atoms with E-state index in [9.17, 15) is 9.90 Å². The maximum atomic E-state index is 10.7. The topological polar surface area (TPSA) is 88.4 Å². The Kier molecular flexibility index (Phi) is 10.8. The van der Waals surface area contributed by atoms with Gasteiger partial charge in [0.2, 0.25) is 0 Å². The van der Waals surface area contributed by atoms with Gasteiger partial charge in [-0.15, -0.1) is 0 Å². The maximum Gasteiger partial charge on any atom is 0.329 e. The second-order valence-corrected chi connectivity index (χ2v) is 10.2. The summed E-state index contributed by atoms with van der Waals surface area (Å²) >= 11 is 0. The van der Waals surface area contributed by atoms with Crippen molar-refractivity contribution >= 4 is 11.7 Å². The Morgan fingerprint density at radius 1 is 1.14 bits per heavy atom. The summed E-state index contributed by atoms with van der Waals surface area (Å²) in [5.74, 6) is 5.60. The molecule has 1 aromatic carbocycles. The van der Waals surface area contributed by atoms with Crippen LogP contribution in [-0.2, 0) is 14.4 Å². The summed E-state index contributed by atoms with van der Waals surface area (Å²) in [6, 6.07) is 10.0. The van der Waals surface area contributed by atoms with Crippen LogP contribution in [0.25, 0.3) is 0 Å². The summed E-state index contributed by atoms with van der Waals surface area (Å²) in [7, 11) is 0. The van der Waals surface area contributed by atoms with Crippen LogP contribution in [0.3, 0.4) is 0 Å². The minimum absolute atomic E-state index is 0.121. The van der Waals surface area contributed by atoms with Crippen LogP contribution in [0.4, 0.5) is 0 Å². The van der Waals surface area contributed by atoms with Crippen molar-refractivity contribution in [2.75, 3.05) is 19.8 Å². The molecule has 36 heavy (non-hydrogen) atoms. The van der Waals surface area contributed by atoms with E-state index in [0.29, 0.717) is 0 Å². The highest BCUT2D eigenvalue weighted by molar-refractivity contribution is 5.91. The fraction of sp³-hybridized carbons (Fsp3) is 0.533. The lowest BCUT2D eigenvalue weighted by Crippen LogP contribution is -2.32. The highest BCUT2D eigenvalue weighted by Gasteiger charge is 2.37. The molecule has 1 aromatic rings. The minimum Gasteiger partial charge on any atom is -0.480 e. The number of carbonyl (C=O) groups is 1. The molecule has 0 aromatic heterocycles. The predicted molar refractivity (Wildman–Crippen MR) is 142 cm³/mol. The summed E-state index contributed by atoms with van der Waals surface area (Å²) < 4.78 is 4.98. The molecule has 0 spiro atoms. The van der Waals surface area contributed by atoms with E-state index in [2.05, 4.69) is 30.0 Å². The van der Waals surface area contributed by atoms with Crippen LogP contribution >= 0.6 is 0 Å². The van der Waals surface area contributed by atoms with Crippen LogP contribution in [0.15, 0.2) is 59.8 Å². The van der Waals surface area contributed by atoms with Crippen molar-refractivity contribution in [2.45, 2.75) is 70.8 Å². The van der Waals surface area contributed by atoms with Crippen molar-refractivity contribution in [3.63, 3.8) is 0 Å². The fourth-order valence-corrected chi connectivity index (χ4v) is 4.88. The highest BCUT2D eigenvalue weighted by atomic mass is 16.6. The number of nitrogens with zero attached hydrogens (tertiary/aromatic N) is 1. The van der Waals surface area contributed by atoms with Gasteiger partial charge in [0.25, 0.3) is 0 Å². The Morgan fingerprint density at radius 2 is 1.94 bits per heavy atom. The van der Waals surface area contributed by atoms with Gasteiger partial charge in [0.15, 0.2) is 0 Å². The van der Waals surface area contributed by atoms with Crippen LogP contribution in [0.2, 0.25) is 0 Å². The minimum atomic E-state index is -0.996. The third-order valence-electron chi connectivity index (χ3n) is 7.17. The van der Waals surface area contributed by atoms with Crippen molar-refractivity contribution in [2.24, 2.45) is 16.0 Å². The van der Waals surface area contributed by atoms with Gasteiger partial charge in [0, 0.05) is 17.4 Å². The molecular formula is C30H39NO5. The molecule has 0 amide bonds. The zero-order valence-electron chi connectivity index (χ0n) is 21.3. The van der Waals surface area contributed by atoms with Crippen LogP contribution in [0.1, 0.15) is 70.3 Å². The van der Waals surface area contributed by atoms with E-state index >= 15 is 0 Å². The zero-order chi connectivity index (χ0) is 25.7. The van der Waals surface area contributed by atoms with Gasteiger partial charge in [-0.25, -0.2) is 4.79 Å². The van der Waals surface area contributed by atoms with Crippen LogP contribution < -0.4 is 0 Å². The molecule has 0 aliphatic heterocycles. The number of oxime groups is 1. The average Bonchev–Trinajstić information content (AvgIpc) is 2.84. The summed E-state index contributed by atoms with van der Waals surface area (Å²) in [6.07, 6.45) is 16.5. The molecule has 2 N–H and O–H groups in total. The quantitative estimate of drug-likeness (QED) is 0.173. The lowest BCUT2D eigenvalue weighted by atomic mass is 9.64. The smallest absolute Gasteiger partial charge is 0.329 e. The lowest BCUT2D eigenvalue weighted by molar-refractivity contribution is -0.142. The molecule has 0 bridgehead atoms. The monoisotopic (exact) mass is 493 g/mol. The number of carboxylic acid groups (broad SMARTS) is 1. The Hall–Kier alpha value is -2.88. The second kappa shape index (κ2) is 14.0. The number of hydrogen-bond donors (Lipinski definition) is 2. The first kappa shape index (κ1) is 27.7. The summed E-state index contributed by atoms with van der Waals surface area (Å²) in [4.78, 5) is 15.9. The molecular weight excluding hydrogens is 454 g/mol. The standard InChI is InChI=1S/C30H39NO5/c1-29(17-8-6-15-27(29)31-36-22-21-35-24-28(33)34)16-7-5-14-26(32)23-30(19-10-20-30)18-9-13-25-11-3-2-4-12-25/h2-5,7,11-12,14,16,26,32H,6,8,10,15,17-24H2,1H3,(H,33,34)/b14-5+,16-7+,31-27+/t26-,29-/m1/s1. The number of hydrogen-bond acceptors (Lipinski definition) is 5. The summed E-state index contributed by atoms with van der Waals surface area (Å²) in [6.45, 7) is 2.24. The largest absolute Gasteiger partial charge is 0.480 e. The lowest BCUT2D eigenvalue weighted by Gasteiger charge is -2.41. The fourth-order valence-electron chi connectivity index (χ4n) is 4.88. The van der Waals surface area contributed by atoms with Gasteiger partial charge in [0.1, 0.15) is 13.2 Å². The first-order valence-electron chi connectivity index (χ1n) is 13.0. The van der Waals surface area contributed by atoms with Gasteiger partial charge < -0.3 is 19.8 Å². The summed E-state index contributed by atoms with van der Waals surface area (Å²) in [5.41, 5.74) is 1.95. The normalized spacial score (nSPS) is 23.2. The molecule has 0 unspecified atom stereocenters. The molecule has 0 saturated heterocycles. The first-order chi connectivity index (χ1) is 17.4. The van der Waals surface area contributed by atoms with E-state index in [1.165, 1.54) is 6.42 Å². The first-order valence-corrected chi connectivity index (χ1v) is 13.0. The number of aliphatic hydroxyl groups excluding tert-OH is 1. The van der Waals surface area contributed by atoms with Gasteiger partial charge in [-0.2, -0.15) is 0 Å². The van der Waals surface area contributed by atoms with Crippen molar-refractivity contribution in [1.29, 1.82) is 0 Å². The molecule has 0 heterocycles. The molecule has 2 atom stereocenters. The van der Waals surface area contributed by atoms with Crippen LogP contribution in [0.5, 0.6) is 0 Å². The second-order valence-electron chi connectivity index (χ2n) is 10.2. The molecule has 6 nitrogen and oxygen atoms in total. The van der Waals surface area contributed by atoms with Gasteiger partial charge in [0.05, 0.1) is 18.4 Å². The van der Waals surface area contributed by atoms with Gasteiger partial charge in [-0.05, 0) is 56.1 Å². The number of ether oxygens (including phenoxy) is 1. The highest BCUT2D eigenvalue weighted by Crippen LogP contribution is 2.47. The Balaban J connectivity index is 1.49. The van der Waals surface area contributed by atoms with Gasteiger partial charge in [-0.1, -0.05) is 79.3 Å². The molecule has 3 rings (SSSR count). The van der Waals surface area contributed by atoms with Crippen molar-refractivity contribution in [3.8, 4) is 11.8 Å². The molecule has 6 heteroatoms. The van der Waals surface area contributed by atoms with Gasteiger partial charge in [-0.3, -0.25) is 0 Å². The van der Waals surface area contributed by atoms with Crippen LogP contribution in [0, 0.1) is 22.7 Å². The number of carboxylic acids is 1. The van der Waals surface area contributed by atoms with Gasteiger partial charge >= 0.3 is 5.97 Å². The van der Waals surface area contributed by atoms with E-state index in [1.807, 2.05) is 48.6 Å². The number of aliphatic carboxylic acids is 1. The summed E-state index contributed by atoms with van der Waals surface area (Å²) in [5, 5.41) is 23.6. The Labute approximate surface area is 215 Å². The molecule has 2 aliphatic carbocycles. The number of benzene rings is 1. The van der Waals surface area contributed by atoms with E-state index in [1.54, 1.807) is 0 Å². The van der Waals surface area contributed by atoms with Crippen molar-refractivity contribution in [3.05, 3.63) is 60.2 Å². The zero-order valence-corrected chi connectivity index (χ0v) is 21.3. The van der Waals surface area contributed by atoms with E-state index in [-0.39, 0.29) is 30.7 Å². The molecule has 2 fully saturated rings. The average molecular weight is 494 g/mol.